The van der Waals surface area contributed by atoms with Crippen molar-refractivity contribution in [3.8, 4) is 0 Å². The Bertz CT molecular complexity index is 384. The van der Waals surface area contributed by atoms with Crippen molar-refractivity contribution >= 4 is 34.2 Å². The summed E-state index contributed by atoms with van der Waals surface area (Å²) in [6, 6.07) is -0.309. The van der Waals surface area contributed by atoms with E-state index in [1.807, 2.05) is 25.9 Å². The Labute approximate surface area is 115 Å². The van der Waals surface area contributed by atoms with Gasteiger partial charge in [0.1, 0.15) is 6.04 Å². The van der Waals surface area contributed by atoms with Crippen LogP contribution < -0.4 is 10.2 Å². The van der Waals surface area contributed by atoms with Crippen molar-refractivity contribution in [2.45, 2.75) is 17.3 Å². The lowest BCUT2D eigenvalue weighted by Crippen LogP contribution is -2.39. The Balaban J connectivity index is 2.52. The maximum atomic E-state index is 11.5. The van der Waals surface area contributed by atoms with Crippen LogP contribution in [0.4, 0.5) is 5.13 Å². The smallest absolute Gasteiger partial charge is 0.323 e. The molecule has 0 bridgehead atoms. The normalized spacial score (nSPS) is 12.2. The predicted octanol–water partition coefficient (Wildman–Crippen LogP) is 0.847. The highest BCUT2D eigenvalue weighted by Crippen LogP contribution is 2.27. The predicted molar refractivity (Wildman–Crippen MR) is 74.4 cm³/mol. The monoisotopic (exact) mass is 290 g/mol. The fourth-order valence-electron chi connectivity index (χ4n) is 1.20. The lowest BCUT2D eigenvalue weighted by Gasteiger charge is -2.13. The van der Waals surface area contributed by atoms with E-state index < -0.39 is 0 Å². The number of hydrogen-bond acceptors (Lipinski definition) is 8. The van der Waals surface area contributed by atoms with Crippen molar-refractivity contribution in [3.63, 3.8) is 0 Å². The van der Waals surface area contributed by atoms with Crippen LogP contribution in [0.25, 0.3) is 0 Å². The summed E-state index contributed by atoms with van der Waals surface area (Å²) < 4.78 is 5.59. The molecule has 0 radical (unpaired) electrons. The van der Waals surface area contributed by atoms with E-state index in [1.165, 1.54) is 30.2 Å². The van der Waals surface area contributed by atoms with Gasteiger partial charge in [0.05, 0.1) is 7.11 Å². The van der Waals surface area contributed by atoms with Crippen molar-refractivity contribution in [2.24, 2.45) is 0 Å². The van der Waals surface area contributed by atoms with Gasteiger partial charge >= 0.3 is 5.97 Å². The van der Waals surface area contributed by atoms with E-state index in [-0.39, 0.29) is 12.0 Å². The lowest BCUT2D eigenvalue weighted by molar-refractivity contribution is -0.142. The van der Waals surface area contributed by atoms with Gasteiger partial charge in [-0.05, 0) is 6.54 Å². The third-order valence-electron chi connectivity index (χ3n) is 2.09. The molecular formula is C10H18N4O2S2. The summed E-state index contributed by atoms with van der Waals surface area (Å²) in [5, 5.41) is 12.0. The number of hydrogen-bond donors (Lipinski definition) is 1. The molecule has 1 N–H and O–H groups in total. The van der Waals surface area contributed by atoms with Gasteiger partial charge in [-0.2, -0.15) is 0 Å². The topological polar surface area (TPSA) is 67.4 Å². The number of nitrogens with zero attached hydrogens (tertiary/aromatic N) is 3. The second-order valence-electron chi connectivity index (χ2n) is 3.69. The van der Waals surface area contributed by atoms with Crippen LogP contribution in [0.3, 0.4) is 0 Å². The molecule has 0 aliphatic rings. The number of aromatic nitrogens is 2. The van der Waals surface area contributed by atoms with Crippen molar-refractivity contribution in [1.82, 2.24) is 15.5 Å². The zero-order valence-corrected chi connectivity index (χ0v) is 12.6. The van der Waals surface area contributed by atoms with Gasteiger partial charge < -0.3 is 15.0 Å². The molecule has 1 aromatic heterocycles. The first-order chi connectivity index (χ1) is 8.58. The summed E-state index contributed by atoms with van der Waals surface area (Å²) in [5.74, 6) is 0.337. The maximum Gasteiger partial charge on any atom is 0.323 e. The maximum absolute atomic E-state index is 11.5. The summed E-state index contributed by atoms with van der Waals surface area (Å²) in [6.07, 6.45) is 0. The quantitative estimate of drug-likeness (QED) is 0.590. The van der Waals surface area contributed by atoms with E-state index >= 15 is 0 Å². The molecule has 0 amide bonds. The molecule has 1 aromatic rings. The summed E-state index contributed by atoms with van der Waals surface area (Å²) in [4.78, 5) is 13.4. The standard InChI is InChI=1S/C10H18N4O2S2/c1-5-11-7(8(15)16-4)6-17-10-13-12-9(18-10)14(2)3/h7,11H,5-6H2,1-4H3. The first kappa shape index (κ1) is 15.2. The number of methoxy groups -OCH3 is 1. The van der Waals surface area contributed by atoms with Crippen LogP contribution in [0.5, 0.6) is 0 Å². The van der Waals surface area contributed by atoms with Gasteiger partial charge in [-0.15, -0.1) is 10.2 Å². The molecule has 1 heterocycles. The number of likely N-dealkylation sites (N-methyl/N-ethyl adjacent to an activating group) is 1. The van der Waals surface area contributed by atoms with E-state index in [0.717, 1.165) is 16.0 Å². The third kappa shape index (κ3) is 4.43. The van der Waals surface area contributed by atoms with E-state index in [4.69, 9.17) is 4.74 Å². The van der Waals surface area contributed by atoms with Crippen LogP contribution in [0, 0.1) is 0 Å². The zero-order chi connectivity index (χ0) is 13.5. The van der Waals surface area contributed by atoms with E-state index in [0.29, 0.717) is 5.75 Å². The first-order valence-corrected chi connectivity index (χ1v) is 7.33. The molecule has 18 heavy (non-hydrogen) atoms. The lowest BCUT2D eigenvalue weighted by atomic mass is 10.3. The minimum atomic E-state index is -0.309. The number of thioether (sulfide) groups is 1. The van der Waals surface area contributed by atoms with E-state index in [2.05, 4.69) is 15.5 Å². The molecule has 0 aliphatic heterocycles. The number of carbonyl (C=O) groups is 1. The highest BCUT2D eigenvalue weighted by Gasteiger charge is 2.19. The molecule has 8 heteroatoms. The van der Waals surface area contributed by atoms with Crippen LogP contribution in [-0.2, 0) is 9.53 Å². The van der Waals surface area contributed by atoms with Crippen molar-refractivity contribution in [1.29, 1.82) is 0 Å². The zero-order valence-electron chi connectivity index (χ0n) is 11.0. The third-order valence-corrected chi connectivity index (χ3v) is 4.41. The molecule has 0 aliphatic carbocycles. The summed E-state index contributed by atoms with van der Waals surface area (Å²) >= 11 is 3.01. The van der Waals surface area contributed by atoms with Gasteiger partial charge in [-0.25, -0.2) is 0 Å². The summed E-state index contributed by atoms with van der Waals surface area (Å²) in [5.41, 5.74) is 0. The average Bonchev–Trinajstić information content (AvgIpc) is 2.82. The first-order valence-electron chi connectivity index (χ1n) is 5.53. The van der Waals surface area contributed by atoms with Crippen LogP contribution in [0.15, 0.2) is 4.34 Å². The second-order valence-corrected chi connectivity index (χ2v) is 5.91. The molecule has 0 fully saturated rings. The highest BCUT2D eigenvalue weighted by molar-refractivity contribution is 8.01. The van der Waals surface area contributed by atoms with E-state index in [9.17, 15) is 4.79 Å². The molecule has 1 atom stereocenters. The number of carbonyl (C=O) groups excluding carboxylic acids is 1. The van der Waals surface area contributed by atoms with Gasteiger partial charge in [0.25, 0.3) is 0 Å². The van der Waals surface area contributed by atoms with E-state index in [1.54, 1.807) is 0 Å². The molecule has 0 spiro atoms. The summed E-state index contributed by atoms with van der Waals surface area (Å²) in [7, 11) is 5.24. The molecular weight excluding hydrogens is 272 g/mol. The molecule has 0 aromatic carbocycles. The van der Waals surface area contributed by atoms with Crippen LogP contribution >= 0.6 is 23.1 Å². The Morgan fingerprint density at radius 2 is 2.28 bits per heavy atom. The minimum Gasteiger partial charge on any atom is -0.468 e. The SMILES string of the molecule is CCNC(CSc1nnc(N(C)C)s1)C(=O)OC. The molecule has 1 unspecified atom stereocenters. The molecule has 102 valence electrons. The van der Waals surface area contributed by atoms with Gasteiger partial charge in [0.15, 0.2) is 4.34 Å². The van der Waals surface area contributed by atoms with Gasteiger partial charge in [-0.1, -0.05) is 30.0 Å². The highest BCUT2D eigenvalue weighted by atomic mass is 32.2. The van der Waals surface area contributed by atoms with Gasteiger partial charge in [0, 0.05) is 19.8 Å². The fraction of sp³-hybridized carbons (Fsp3) is 0.700. The van der Waals surface area contributed by atoms with Gasteiger partial charge in [-0.3, -0.25) is 4.79 Å². The Morgan fingerprint density at radius 1 is 1.56 bits per heavy atom. The fourth-order valence-corrected chi connectivity index (χ4v) is 3.02. The number of rotatable bonds is 7. The van der Waals surface area contributed by atoms with Crippen molar-refractivity contribution in [3.05, 3.63) is 0 Å². The Morgan fingerprint density at radius 3 is 2.78 bits per heavy atom. The number of nitrogens with one attached hydrogen (secondary N) is 1. The minimum absolute atomic E-state index is 0.248. The second kappa shape index (κ2) is 7.55. The van der Waals surface area contributed by atoms with Crippen LogP contribution in [0.2, 0.25) is 0 Å². The van der Waals surface area contributed by atoms with Crippen molar-refractivity contribution in [2.75, 3.05) is 38.4 Å². The molecule has 0 saturated heterocycles. The Hall–Kier alpha value is -0.860. The molecule has 0 saturated carbocycles. The summed E-state index contributed by atoms with van der Waals surface area (Å²) in [6.45, 7) is 2.68. The molecule has 1 rings (SSSR count). The number of anilines is 1. The number of esters is 1. The Kier molecular flexibility index (Phi) is 6.37. The average molecular weight is 290 g/mol. The molecule has 6 nitrogen and oxygen atoms in total. The van der Waals surface area contributed by atoms with Crippen LogP contribution in [-0.4, -0.2) is 55.7 Å². The van der Waals surface area contributed by atoms with Crippen LogP contribution in [0.1, 0.15) is 6.92 Å². The largest absolute Gasteiger partial charge is 0.468 e. The van der Waals surface area contributed by atoms with Crippen molar-refractivity contribution < 1.29 is 9.53 Å². The van der Waals surface area contributed by atoms with Gasteiger partial charge in [0.2, 0.25) is 5.13 Å². The number of ether oxygens (including phenoxy) is 1.